The summed E-state index contributed by atoms with van der Waals surface area (Å²) >= 11 is 0. The minimum absolute atomic E-state index is 0.122. The first-order valence-electron chi connectivity index (χ1n) is 10.8. The molecule has 0 unspecified atom stereocenters. The summed E-state index contributed by atoms with van der Waals surface area (Å²) in [7, 11) is 0. The van der Waals surface area contributed by atoms with Crippen molar-refractivity contribution in [2.24, 2.45) is 0 Å². The van der Waals surface area contributed by atoms with Crippen molar-refractivity contribution in [1.29, 1.82) is 0 Å². The van der Waals surface area contributed by atoms with Gasteiger partial charge in [0.1, 0.15) is 5.82 Å². The topological polar surface area (TPSA) is 0 Å². The van der Waals surface area contributed by atoms with E-state index in [2.05, 4.69) is 62.1 Å². The lowest BCUT2D eigenvalue weighted by molar-refractivity contribution is 0.608. The molecule has 0 aromatic heterocycles. The van der Waals surface area contributed by atoms with Crippen LogP contribution in [0.5, 0.6) is 0 Å². The summed E-state index contributed by atoms with van der Waals surface area (Å²) in [6.45, 7) is 4.22. The van der Waals surface area contributed by atoms with Crippen LogP contribution in [0.2, 0.25) is 0 Å². The molecule has 0 amide bonds. The van der Waals surface area contributed by atoms with Crippen molar-refractivity contribution in [3.05, 3.63) is 107 Å². The van der Waals surface area contributed by atoms with Gasteiger partial charge >= 0.3 is 0 Å². The molecule has 0 fully saturated rings. The Bertz CT molecular complexity index is 1030. The van der Waals surface area contributed by atoms with E-state index in [4.69, 9.17) is 0 Å². The molecule has 3 aromatic rings. The molecule has 0 saturated heterocycles. The lowest BCUT2D eigenvalue weighted by Crippen LogP contribution is -1.90. The first kappa shape index (κ1) is 21.6. The smallest absolute Gasteiger partial charge is 0.127 e. The molecule has 0 spiro atoms. The summed E-state index contributed by atoms with van der Waals surface area (Å²) in [5, 5.41) is 0. The van der Waals surface area contributed by atoms with Gasteiger partial charge in [0.2, 0.25) is 0 Å². The van der Waals surface area contributed by atoms with Crippen molar-refractivity contribution in [1.82, 2.24) is 0 Å². The number of hydrogen-bond acceptors (Lipinski definition) is 0. The molecule has 0 nitrogen and oxygen atoms in total. The average molecular weight is 397 g/mol. The number of aryl methyl sites for hydroxylation is 2. The molecule has 0 aliphatic carbocycles. The molecule has 0 N–H and O–H groups in total. The maximum absolute atomic E-state index is 14.2. The molecular formula is C29H29F. The second-order valence-electron chi connectivity index (χ2n) is 7.50. The van der Waals surface area contributed by atoms with Crippen LogP contribution in [-0.4, -0.2) is 0 Å². The predicted octanol–water partition coefficient (Wildman–Crippen LogP) is 7.74. The standard InChI is InChI=1S/C29H29F/c1-3-5-6-7-9-23-10-12-24(13-11-23)14-15-25-16-18-26(19-17-25)28-21-20-27(8-4-2)29(30)22-28/h5-6,10-13,16-22H,3-4,7-9H2,1-2H3/b6-5+. The van der Waals surface area contributed by atoms with Crippen molar-refractivity contribution < 1.29 is 4.39 Å². The fourth-order valence-electron chi connectivity index (χ4n) is 3.38. The van der Waals surface area contributed by atoms with Gasteiger partial charge in [0.25, 0.3) is 0 Å². The van der Waals surface area contributed by atoms with E-state index in [1.165, 1.54) is 5.56 Å². The van der Waals surface area contributed by atoms with Crippen LogP contribution < -0.4 is 0 Å². The van der Waals surface area contributed by atoms with E-state index in [0.717, 1.165) is 59.9 Å². The predicted molar refractivity (Wildman–Crippen MR) is 126 cm³/mol. The van der Waals surface area contributed by atoms with Gasteiger partial charge in [-0.2, -0.15) is 0 Å². The minimum Gasteiger partial charge on any atom is -0.207 e. The summed E-state index contributed by atoms with van der Waals surface area (Å²) in [5.41, 5.74) is 5.99. The van der Waals surface area contributed by atoms with Crippen LogP contribution in [0.25, 0.3) is 11.1 Å². The molecule has 3 rings (SSSR count). The Balaban J connectivity index is 1.64. The third-order valence-electron chi connectivity index (χ3n) is 5.10. The Morgan fingerprint density at radius 1 is 0.733 bits per heavy atom. The zero-order valence-electron chi connectivity index (χ0n) is 17.9. The summed E-state index contributed by atoms with van der Waals surface area (Å²) in [5.74, 6) is 6.33. The van der Waals surface area contributed by atoms with Crippen molar-refractivity contribution in [3.8, 4) is 23.0 Å². The number of hydrogen-bond donors (Lipinski definition) is 0. The SMILES string of the molecule is CC/C=C/CCc1ccc(C#Cc2ccc(-c3ccc(CCC)c(F)c3)cc2)cc1. The van der Waals surface area contributed by atoms with Gasteiger partial charge in [-0.3, -0.25) is 0 Å². The second kappa shape index (κ2) is 11.2. The molecule has 0 saturated carbocycles. The maximum Gasteiger partial charge on any atom is 0.127 e. The van der Waals surface area contributed by atoms with E-state index in [-0.39, 0.29) is 5.82 Å². The third kappa shape index (κ3) is 6.19. The quantitative estimate of drug-likeness (QED) is 0.283. The van der Waals surface area contributed by atoms with Gasteiger partial charge in [-0.05, 0) is 78.3 Å². The molecular weight excluding hydrogens is 367 g/mol. The van der Waals surface area contributed by atoms with Crippen LogP contribution in [0.15, 0.2) is 78.9 Å². The molecule has 1 heteroatoms. The maximum atomic E-state index is 14.2. The van der Waals surface area contributed by atoms with Crippen LogP contribution in [0.3, 0.4) is 0 Å². The summed E-state index contributed by atoms with van der Waals surface area (Å²) in [6, 6.07) is 22.0. The van der Waals surface area contributed by atoms with E-state index in [1.807, 2.05) is 36.4 Å². The molecule has 0 aliphatic rings. The van der Waals surface area contributed by atoms with Gasteiger partial charge in [-0.1, -0.05) is 80.7 Å². The number of rotatable bonds is 7. The van der Waals surface area contributed by atoms with Gasteiger partial charge in [-0.15, -0.1) is 0 Å². The first-order valence-corrected chi connectivity index (χ1v) is 10.8. The Labute approximate surface area is 180 Å². The van der Waals surface area contributed by atoms with Crippen molar-refractivity contribution in [3.63, 3.8) is 0 Å². The highest BCUT2D eigenvalue weighted by Gasteiger charge is 2.04. The van der Waals surface area contributed by atoms with Crippen LogP contribution in [0, 0.1) is 17.7 Å². The van der Waals surface area contributed by atoms with E-state index >= 15 is 0 Å². The van der Waals surface area contributed by atoms with E-state index in [9.17, 15) is 4.39 Å². The molecule has 0 aliphatic heterocycles. The zero-order chi connectivity index (χ0) is 21.2. The van der Waals surface area contributed by atoms with Gasteiger partial charge in [0.05, 0.1) is 0 Å². The normalized spacial score (nSPS) is 10.8. The summed E-state index contributed by atoms with van der Waals surface area (Å²) in [4.78, 5) is 0. The molecule has 30 heavy (non-hydrogen) atoms. The molecule has 0 heterocycles. The largest absolute Gasteiger partial charge is 0.207 e. The monoisotopic (exact) mass is 396 g/mol. The average Bonchev–Trinajstić information content (AvgIpc) is 2.78. The molecule has 0 atom stereocenters. The van der Waals surface area contributed by atoms with Gasteiger partial charge in [-0.25, -0.2) is 4.39 Å². The van der Waals surface area contributed by atoms with E-state index < -0.39 is 0 Å². The Morgan fingerprint density at radius 3 is 1.97 bits per heavy atom. The lowest BCUT2D eigenvalue weighted by Gasteiger charge is -2.06. The highest BCUT2D eigenvalue weighted by molar-refractivity contribution is 5.65. The highest BCUT2D eigenvalue weighted by atomic mass is 19.1. The second-order valence-corrected chi connectivity index (χ2v) is 7.50. The van der Waals surface area contributed by atoms with Crippen LogP contribution in [0.1, 0.15) is 55.4 Å². The third-order valence-corrected chi connectivity index (χ3v) is 5.10. The van der Waals surface area contributed by atoms with Crippen LogP contribution in [-0.2, 0) is 12.8 Å². The van der Waals surface area contributed by atoms with E-state index in [0.29, 0.717) is 0 Å². The van der Waals surface area contributed by atoms with Crippen molar-refractivity contribution in [2.75, 3.05) is 0 Å². The molecule has 152 valence electrons. The van der Waals surface area contributed by atoms with Gasteiger partial charge in [0, 0.05) is 11.1 Å². The van der Waals surface area contributed by atoms with Gasteiger partial charge < -0.3 is 0 Å². The fourth-order valence-corrected chi connectivity index (χ4v) is 3.38. The van der Waals surface area contributed by atoms with Crippen molar-refractivity contribution >= 4 is 0 Å². The first-order chi connectivity index (χ1) is 14.7. The molecule has 0 radical (unpaired) electrons. The Morgan fingerprint density at radius 2 is 1.37 bits per heavy atom. The summed E-state index contributed by atoms with van der Waals surface area (Å²) in [6.07, 6.45) is 9.41. The Hall–Kier alpha value is -3.11. The number of benzene rings is 3. The van der Waals surface area contributed by atoms with Crippen LogP contribution in [0.4, 0.5) is 4.39 Å². The summed E-state index contributed by atoms with van der Waals surface area (Å²) < 4.78 is 14.2. The van der Waals surface area contributed by atoms with E-state index in [1.54, 1.807) is 6.07 Å². The van der Waals surface area contributed by atoms with Crippen LogP contribution >= 0.6 is 0 Å². The number of halogens is 1. The zero-order valence-corrected chi connectivity index (χ0v) is 17.9. The number of allylic oxidation sites excluding steroid dienone is 2. The van der Waals surface area contributed by atoms with Gasteiger partial charge in [0.15, 0.2) is 0 Å². The fraction of sp³-hybridized carbons (Fsp3) is 0.241. The minimum atomic E-state index is -0.122. The van der Waals surface area contributed by atoms with Crippen molar-refractivity contribution in [2.45, 2.75) is 46.0 Å². The molecule has 3 aromatic carbocycles. The molecule has 0 bridgehead atoms. The Kier molecular flexibility index (Phi) is 8.04. The lowest BCUT2D eigenvalue weighted by atomic mass is 10.0. The highest BCUT2D eigenvalue weighted by Crippen LogP contribution is 2.23.